The van der Waals surface area contributed by atoms with E-state index in [4.69, 9.17) is 16.9 Å². The van der Waals surface area contributed by atoms with Crippen LogP contribution in [0.25, 0.3) is 10.9 Å². The molecule has 0 spiro atoms. The summed E-state index contributed by atoms with van der Waals surface area (Å²) in [4.78, 5) is 28.7. The number of carbonyl (C=O) groups excluding carboxylic acids is 1. The van der Waals surface area contributed by atoms with Crippen molar-refractivity contribution in [2.24, 2.45) is 0 Å². The Morgan fingerprint density at radius 3 is 2.88 bits per heavy atom. The lowest BCUT2D eigenvalue weighted by molar-refractivity contribution is -0.116. The Morgan fingerprint density at radius 2 is 2.08 bits per heavy atom. The SMILES string of the molecule is N#Cc1ccccc1NC(=O)Cn1cnc2ccc(Cl)cc2c1=O. The molecule has 0 aliphatic heterocycles. The Morgan fingerprint density at radius 1 is 1.29 bits per heavy atom. The molecule has 0 aliphatic carbocycles. The predicted octanol–water partition coefficient (Wildman–Crippen LogP) is 2.56. The molecule has 0 unspecified atom stereocenters. The van der Waals surface area contributed by atoms with E-state index in [-0.39, 0.29) is 12.1 Å². The zero-order valence-corrected chi connectivity index (χ0v) is 13.1. The summed E-state index contributed by atoms with van der Waals surface area (Å²) in [5, 5.41) is 12.4. The third-order valence-electron chi connectivity index (χ3n) is 3.42. The van der Waals surface area contributed by atoms with E-state index in [0.717, 1.165) is 0 Å². The first-order valence-corrected chi connectivity index (χ1v) is 7.40. The predicted molar refractivity (Wildman–Crippen MR) is 90.8 cm³/mol. The number of carbonyl (C=O) groups is 1. The van der Waals surface area contributed by atoms with Crippen molar-refractivity contribution in [1.29, 1.82) is 5.26 Å². The number of halogens is 1. The van der Waals surface area contributed by atoms with E-state index >= 15 is 0 Å². The minimum absolute atomic E-state index is 0.214. The summed E-state index contributed by atoms with van der Waals surface area (Å²) in [6.07, 6.45) is 1.31. The topological polar surface area (TPSA) is 87.8 Å². The number of hydrogen-bond acceptors (Lipinski definition) is 4. The van der Waals surface area contributed by atoms with Gasteiger partial charge in [0.05, 0.1) is 28.5 Å². The minimum Gasteiger partial charge on any atom is -0.323 e. The van der Waals surface area contributed by atoms with Gasteiger partial charge in [0, 0.05) is 5.02 Å². The van der Waals surface area contributed by atoms with E-state index in [1.807, 2.05) is 6.07 Å². The van der Waals surface area contributed by atoms with Crippen LogP contribution in [0.1, 0.15) is 5.56 Å². The van der Waals surface area contributed by atoms with Gasteiger partial charge in [0.15, 0.2) is 0 Å². The van der Waals surface area contributed by atoms with Crippen molar-refractivity contribution in [2.45, 2.75) is 6.54 Å². The fourth-order valence-corrected chi connectivity index (χ4v) is 2.45. The van der Waals surface area contributed by atoms with Crippen LogP contribution in [0, 0.1) is 11.3 Å². The highest BCUT2D eigenvalue weighted by Gasteiger charge is 2.10. The van der Waals surface area contributed by atoms with Gasteiger partial charge in [-0.2, -0.15) is 5.26 Å². The molecule has 0 atom stereocenters. The monoisotopic (exact) mass is 338 g/mol. The van der Waals surface area contributed by atoms with Crippen LogP contribution >= 0.6 is 11.6 Å². The first-order chi connectivity index (χ1) is 11.6. The number of rotatable bonds is 3. The second kappa shape index (κ2) is 6.52. The van der Waals surface area contributed by atoms with Gasteiger partial charge >= 0.3 is 0 Å². The molecule has 1 amide bonds. The smallest absolute Gasteiger partial charge is 0.261 e. The number of benzene rings is 2. The van der Waals surface area contributed by atoms with Gasteiger partial charge in [-0.05, 0) is 30.3 Å². The van der Waals surface area contributed by atoms with Crippen molar-refractivity contribution in [3.63, 3.8) is 0 Å². The number of fused-ring (bicyclic) bond motifs is 1. The molecule has 1 heterocycles. The third kappa shape index (κ3) is 3.12. The largest absolute Gasteiger partial charge is 0.323 e. The molecule has 118 valence electrons. The van der Waals surface area contributed by atoms with Crippen molar-refractivity contribution in [3.05, 3.63) is 69.7 Å². The number of nitrogens with zero attached hydrogens (tertiary/aromatic N) is 3. The van der Waals surface area contributed by atoms with E-state index in [0.29, 0.717) is 27.2 Å². The molecule has 0 radical (unpaired) electrons. The zero-order chi connectivity index (χ0) is 17.1. The summed E-state index contributed by atoms with van der Waals surface area (Å²) in [6.45, 7) is -0.214. The van der Waals surface area contributed by atoms with E-state index in [1.54, 1.807) is 36.4 Å². The van der Waals surface area contributed by atoms with Crippen LogP contribution in [-0.2, 0) is 11.3 Å². The van der Waals surface area contributed by atoms with Crippen molar-refractivity contribution >= 4 is 34.1 Å². The maximum atomic E-state index is 12.4. The lowest BCUT2D eigenvalue weighted by atomic mass is 10.2. The van der Waals surface area contributed by atoms with Crippen molar-refractivity contribution < 1.29 is 4.79 Å². The molecule has 2 aromatic carbocycles. The van der Waals surface area contributed by atoms with Crippen LogP contribution in [0.3, 0.4) is 0 Å². The third-order valence-corrected chi connectivity index (χ3v) is 3.66. The van der Waals surface area contributed by atoms with Crippen LogP contribution < -0.4 is 10.9 Å². The molecular weight excluding hydrogens is 328 g/mol. The van der Waals surface area contributed by atoms with Gasteiger partial charge in [0.25, 0.3) is 5.56 Å². The summed E-state index contributed by atoms with van der Waals surface area (Å²) in [5.74, 6) is -0.428. The van der Waals surface area contributed by atoms with Gasteiger partial charge in [-0.15, -0.1) is 0 Å². The fourth-order valence-electron chi connectivity index (χ4n) is 2.28. The Kier molecular flexibility index (Phi) is 4.27. The molecule has 0 saturated carbocycles. The molecule has 1 aromatic heterocycles. The molecule has 3 rings (SSSR count). The first-order valence-electron chi connectivity index (χ1n) is 7.02. The van der Waals surface area contributed by atoms with Gasteiger partial charge in [-0.25, -0.2) is 4.98 Å². The second-order valence-corrected chi connectivity index (χ2v) is 5.48. The fraction of sp³-hybridized carbons (Fsp3) is 0.0588. The molecule has 0 bridgehead atoms. The van der Waals surface area contributed by atoms with Gasteiger partial charge < -0.3 is 5.32 Å². The summed E-state index contributed by atoms with van der Waals surface area (Å²) >= 11 is 5.90. The summed E-state index contributed by atoms with van der Waals surface area (Å²) < 4.78 is 1.20. The molecule has 24 heavy (non-hydrogen) atoms. The lowest BCUT2D eigenvalue weighted by Crippen LogP contribution is -2.28. The van der Waals surface area contributed by atoms with Crippen molar-refractivity contribution in [3.8, 4) is 6.07 Å². The number of nitriles is 1. The quantitative estimate of drug-likeness (QED) is 0.795. The highest BCUT2D eigenvalue weighted by Crippen LogP contribution is 2.15. The Labute approximate surface area is 141 Å². The molecule has 1 N–H and O–H groups in total. The van der Waals surface area contributed by atoms with Crippen LogP contribution in [0.4, 0.5) is 5.69 Å². The second-order valence-electron chi connectivity index (χ2n) is 5.04. The van der Waals surface area contributed by atoms with Gasteiger partial charge in [-0.1, -0.05) is 23.7 Å². The van der Waals surface area contributed by atoms with E-state index < -0.39 is 5.91 Å². The number of aromatic nitrogens is 2. The molecule has 0 fully saturated rings. The Bertz CT molecular complexity index is 1040. The van der Waals surface area contributed by atoms with E-state index in [9.17, 15) is 9.59 Å². The lowest BCUT2D eigenvalue weighted by Gasteiger charge is -2.09. The van der Waals surface area contributed by atoms with E-state index in [1.165, 1.54) is 17.0 Å². The van der Waals surface area contributed by atoms with Crippen molar-refractivity contribution in [2.75, 3.05) is 5.32 Å². The molecule has 6 nitrogen and oxygen atoms in total. The maximum Gasteiger partial charge on any atom is 0.261 e. The van der Waals surface area contributed by atoms with E-state index in [2.05, 4.69) is 10.3 Å². The zero-order valence-electron chi connectivity index (χ0n) is 12.4. The van der Waals surface area contributed by atoms with Crippen molar-refractivity contribution in [1.82, 2.24) is 9.55 Å². The number of amides is 1. The van der Waals surface area contributed by atoms with Crippen LogP contribution in [0.2, 0.25) is 5.02 Å². The van der Waals surface area contributed by atoms with Crippen LogP contribution in [-0.4, -0.2) is 15.5 Å². The Balaban J connectivity index is 1.87. The molecule has 0 aliphatic rings. The molecule has 0 saturated heterocycles. The van der Waals surface area contributed by atoms with Gasteiger partial charge in [0.1, 0.15) is 12.6 Å². The highest BCUT2D eigenvalue weighted by molar-refractivity contribution is 6.31. The van der Waals surface area contributed by atoms with Gasteiger partial charge in [0.2, 0.25) is 5.91 Å². The summed E-state index contributed by atoms with van der Waals surface area (Å²) in [5.41, 5.74) is 0.901. The summed E-state index contributed by atoms with van der Waals surface area (Å²) in [7, 11) is 0. The highest BCUT2D eigenvalue weighted by atomic mass is 35.5. The summed E-state index contributed by atoms with van der Waals surface area (Å²) in [6, 6.07) is 13.4. The number of nitrogens with one attached hydrogen (secondary N) is 1. The number of para-hydroxylation sites is 1. The molecule has 7 heteroatoms. The molecule has 3 aromatic rings. The van der Waals surface area contributed by atoms with Crippen LogP contribution in [0.5, 0.6) is 0 Å². The molecular formula is C17H11ClN4O2. The minimum atomic E-state index is -0.428. The number of anilines is 1. The Hall–Kier alpha value is -3.17. The normalized spacial score (nSPS) is 10.3. The average molecular weight is 339 g/mol. The maximum absolute atomic E-state index is 12.4. The average Bonchev–Trinajstić information content (AvgIpc) is 2.58. The van der Waals surface area contributed by atoms with Crippen LogP contribution in [0.15, 0.2) is 53.6 Å². The number of hydrogen-bond donors (Lipinski definition) is 1. The van der Waals surface area contributed by atoms with Gasteiger partial charge in [-0.3, -0.25) is 14.2 Å². The first kappa shape index (κ1) is 15.7. The standard InChI is InChI=1S/C17H11ClN4O2/c18-12-5-6-15-13(7-12)17(24)22(10-20-15)9-16(23)21-14-4-2-1-3-11(14)8-19/h1-7,10H,9H2,(H,21,23).